The van der Waals surface area contributed by atoms with Gasteiger partial charge in [0.15, 0.2) is 17.2 Å². The third-order valence-corrected chi connectivity index (χ3v) is 6.11. The van der Waals surface area contributed by atoms with Crippen LogP contribution >= 0.6 is 11.6 Å². The Morgan fingerprint density at radius 1 is 1.03 bits per heavy atom. The molecule has 3 aromatic heterocycles. The molecule has 0 radical (unpaired) electrons. The van der Waals surface area contributed by atoms with Gasteiger partial charge in [-0.3, -0.25) is 9.36 Å². The molecule has 5 rings (SSSR count). The largest absolute Gasteiger partial charge is 0.496 e. The van der Waals surface area contributed by atoms with Crippen LogP contribution in [0.15, 0.2) is 61.3 Å². The number of methoxy groups -OCH3 is 2. The second-order valence-electron chi connectivity index (χ2n) is 8.03. The number of hydrogen-bond donors (Lipinski definition) is 1. The third-order valence-electron chi connectivity index (χ3n) is 5.75. The zero-order valence-electron chi connectivity index (χ0n) is 19.7. The number of hydrogen-bond acceptors (Lipinski definition) is 7. The van der Waals surface area contributed by atoms with Crippen molar-refractivity contribution in [3.8, 4) is 11.5 Å². The van der Waals surface area contributed by atoms with Crippen molar-refractivity contribution < 1.29 is 13.9 Å². The first-order chi connectivity index (χ1) is 17.6. The number of nitrogens with zero attached hydrogens (tertiary/aromatic N) is 6. The van der Waals surface area contributed by atoms with Gasteiger partial charge in [-0.15, -0.1) is 0 Å². The first-order valence-electron chi connectivity index (χ1n) is 11.1. The van der Waals surface area contributed by atoms with Crippen LogP contribution in [0.5, 0.6) is 11.5 Å². The maximum Gasteiger partial charge on any atom is 0.186 e. The normalized spacial score (nSPS) is 11.1. The van der Waals surface area contributed by atoms with Crippen LogP contribution in [0.25, 0.3) is 11.0 Å². The van der Waals surface area contributed by atoms with Crippen LogP contribution in [-0.4, -0.2) is 43.7 Å². The minimum absolute atomic E-state index is 0.119. The summed E-state index contributed by atoms with van der Waals surface area (Å²) in [5.41, 5.74) is 2.84. The Labute approximate surface area is 211 Å². The van der Waals surface area contributed by atoms with E-state index >= 15 is 0 Å². The fourth-order valence-corrected chi connectivity index (χ4v) is 4.16. The molecule has 0 fully saturated rings. The number of halogens is 2. The molecule has 3 heterocycles. The van der Waals surface area contributed by atoms with Gasteiger partial charge in [0.25, 0.3) is 0 Å². The first kappa shape index (κ1) is 23.6. The Balaban J connectivity index is 1.36. The highest BCUT2D eigenvalue weighted by molar-refractivity contribution is 6.31. The van der Waals surface area contributed by atoms with Crippen molar-refractivity contribution in [1.82, 2.24) is 29.5 Å². The van der Waals surface area contributed by atoms with Crippen LogP contribution in [0, 0.1) is 5.82 Å². The molecule has 0 saturated carbocycles. The van der Waals surface area contributed by atoms with Crippen molar-refractivity contribution in [2.45, 2.75) is 19.6 Å². The maximum absolute atomic E-state index is 14.7. The SMILES string of the molecule is COc1cc(Cn2cc3c(NCc4c(Cl)ccc(OC)c4F)ncnc3n2)ccc1Cn1cccn1. The van der Waals surface area contributed by atoms with Crippen LogP contribution in [0.1, 0.15) is 16.7 Å². The van der Waals surface area contributed by atoms with Gasteiger partial charge in [-0.05, 0) is 29.8 Å². The van der Waals surface area contributed by atoms with Gasteiger partial charge in [0, 0.05) is 41.3 Å². The van der Waals surface area contributed by atoms with Crippen LogP contribution in [0.3, 0.4) is 0 Å². The number of benzene rings is 2. The van der Waals surface area contributed by atoms with E-state index in [2.05, 4.69) is 25.5 Å². The highest BCUT2D eigenvalue weighted by Crippen LogP contribution is 2.29. The fourth-order valence-electron chi connectivity index (χ4n) is 3.95. The molecule has 9 nitrogen and oxygen atoms in total. The van der Waals surface area contributed by atoms with Gasteiger partial charge in [0.1, 0.15) is 17.9 Å². The van der Waals surface area contributed by atoms with Crippen LogP contribution < -0.4 is 14.8 Å². The summed E-state index contributed by atoms with van der Waals surface area (Å²) in [6.45, 7) is 1.24. The molecule has 0 aliphatic carbocycles. The Hall–Kier alpha value is -4.18. The molecule has 0 unspecified atom stereocenters. The van der Waals surface area contributed by atoms with Gasteiger partial charge in [0.05, 0.1) is 32.7 Å². The number of anilines is 1. The average Bonchev–Trinajstić information content (AvgIpc) is 3.54. The van der Waals surface area contributed by atoms with Crippen molar-refractivity contribution in [3.63, 3.8) is 0 Å². The molecule has 0 amide bonds. The molecule has 1 N–H and O–H groups in total. The Kier molecular flexibility index (Phi) is 6.68. The van der Waals surface area contributed by atoms with Gasteiger partial charge in [0.2, 0.25) is 0 Å². The third kappa shape index (κ3) is 4.80. The lowest BCUT2D eigenvalue weighted by Crippen LogP contribution is -2.06. The lowest BCUT2D eigenvalue weighted by molar-refractivity contribution is 0.384. The summed E-state index contributed by atoms with van der Waals surface area (Å²) in [6.07, 6.45) is 6.92. The topological polar surface area (TPSA) is 91.9 Å². The Morgan fingerprint density at radius 2 is 1.89 bits per heavy atom. The summed E-state index contributed by atoms with van der Waals surface area (Å²) in [5.74, 6) is 0.919. The van der Waals surface area contributed by atoms with E-state index in [1.165, 1.54) is 19.5 Å². The van der Waals surface area contributed by atoms with Crippen LogP contribution in [0.2, 0.25) is 5.02 Å². The predicted octanol–water partition coefficient (Wildman–Crippen LogP) is 4.54. The van der Waals surface area contributed by atoms with Gasteiger partial charge < -0.3 is 14.8 Å². The van der Waals surface area contributed by atoms with E-state index in [9.17, 15) is 4.39 Å². The molecule has 36 heavy (non-hydrogen) atoms. The molecular formula is C25H23ClFN7O2. The molecule has 2 aromatic carbocycles. The number of fused-ring (bicyclic) bond motifs is 1. The van der Waals surface area contributed by atoms with E-state index in [1.54, 1.807) is 24.1 Å². The van der Waals surface area contributed by atoms with E-state index in [0.717, 1.165) is 16.9 Å². The summed E-state index contributed by atoms with van der Waals surface area (Å²) in [6, 6.07) is 11.0. The lowest BCUT2D eigenvalue weighted by Gasteiger charge is -2.11. The van der Waals surface area contributed by atoms with Crippen molar-refractivity contribution in [1.29, 1.82) is 0 Å². The van der Waals surface area contributed by atoms with E-state index < -0.39 is 5.82 Å². The van der Waals surface area contributed by atoms with E-state index in [1.807, 2.05) is 41.3 Å². The highest BCUT2D eigenvalue weighted by atomic mass is 35.5. The van der Waals surface area contributed by atoms with Crippen LogP contribution in [-0.2, 0) is 19.6 Å². The van der Waals surface area contributed by atoms with Crippen molar-refractivity contribution in [2.75, 3.05) is 19.5 Å². The monoisotopic (exact) mass is 507 g/mol. The fraction of sp³-hybridized carbons (Fsp3) is 0.200. The molecule has 5 aromatic rings. The quantitative estimate of drug-likeness (QED) is 0.313. The van der Waals surface area contributed by atoms with Gasteiger partial charge >= 0.3 is 0 Å². The smallest absolute Gasteiger partial charge is 0.186 e. The standard InChI is InChI=1S/C25H23ClFN7O2/c1-35-21-7-6-20(26)18(23(21)27)11-28-24-19-14-34(32-25(19)30-15-29-24)12-16-4-5-17(22(10-16)36-2)13-33-9-3-8-31-33/h3-10,14-15H,11-13H2,1-2H3,(H,28,29,30,32). The molecule has 11 heteroatoms. The summed E-state index contributed by atoms with van der Waals surface area (Å²) in [7, 11) is 3.06. The second-order valence-corrected chi connectivity index (χ2v) is 8.44. The maximum atomic E-state index is 14.7. The number of nitrogens with one attached hydrogen (secondary N) is 1. The zero-order chi connectivity index (χ0) is 25.1. The molecule has 0 bridgehead atoms. The Morgan fingerprint density at radius 3 is 2.67 bits per heavy atom. The molecule has 0 saturated heterocycles. The first-order valence-corrected chi connectivity index (χ1v) is 11.5. The molecular weight excluding hydrogens is 485 g/mol. The van der Waals surface area contributed by atoms with Crippen LogP contribution in [0.4, 0.5) is 10.2 Å². The van der Waals surface area contributed by atoms with E-state index in [-0.39, 0.29) is 17.9 Å². The van der Waals surface area contributed by atoms with Crippen molar-refractivity contribution in [2.24, 2.45) is 0 Å². The highest BCUT2D eigenvalue weighted by Gasteiger charge is 2.15. The van der Waals surface area contributed by atoms with E-state index in [0.29, 0.717) is 35.0 Å². The van der Waals surface area contributed by atoms with E-state index in [4.69, 9.17) is 21.1 Å². The average molecular weight is 508 g/mol. The summed E-state index contributed by atoms with van der Waals surface area (Å²) in [4.78, 5) is 8.59. The predicted molar refractivity (Wildman–Crippen MR) is 134 cm³/mol. The summed E-state index contributed by atoms with van der Waals surface area (Å²) < 4.78 is 29.0. The number of rotatable bonds is 9. The van der Waals surface area contributed by atoms with Crippen molar-refractivity contribution >= 4 is 28.5 Å². The van der Waals surface area contributed by atoms with Gasteiger partial charge in [-0.25, -0.2) is 14.4 Å². The molecule has 0 aliphatic rings. The Bertz CT molecular complexity index is 1500. The molecule has 184 valence electrons. The van der Waals surface area contributed by atoms with Crippen molar-refractivity contribution in [3.05, 3.63) is 88.8 Å². The molecule has 0 aliphatic heterocycles. The van der Waals surface area contributed by atoms with Gasteiger partial charge in [-0.1, -0.05) is 23.7 Å². The lowest BCUT2D eigenvalue weighted by atomic mass is 10.1. The number of aromatic nitrogens is 6. The molecule has 0 atom stereocenters. The summed E-state index contributed by atoms with van der Waals surface area (Å²) in [5, 5.41) is 13.0. The van der Waals surface area contributed by atoms with Gasteiger partial charge in [-0.2, -0.15) is 10.2 Å². The zero-order valence-corrected chi connectivity index (χ0v) is 20.4. The minimum Gasteiger partial charge on any atom is -0.496 e. The molecule has 0 spiro atoms. The minimum atomic E-state index is -0.511. The summed E-state index contributed by atoms with van der Waals surface area (Å²) >= 11 is 6.21. The number of ether oxygens (including phenoxy) is 2. The second kappa shape index (κ2) is 10.2.